The highest BCUT2D eigenvalue weighted by molar-refractivity contribution is 7.13. The zero-order chi connectivity index (χ0) is 9.38. The van der Waals surface area contributed by atoms with Gasteiger partial charge in [-0.1, -0.05) is 18.2 Å². The number of hydrogen-bond acceptors (Lipinski definition) is 3. The van der Waals surface area contributed by atoms with Gasteiger partial charge in [-0.2, -0.15) is 5.10 Å². The summed E-state index contributed by atoms with van der Waals surface area (Å²) in [5.41, 5.74) is 4.09. The summed E-state index contributed by atoms with van der Waals surface area (Å²) in [5.74, 6) is 0. The van der Waals surface area contributed by atoms with E-state index in [4.69, 9.17) is 0 Å². The Balaban J connectivity index is 2.36. The first-order valence-corrected chi connectivity index (χ1v) is 5.14. The second-order valence-electron chi connectivity index (χ2n) is 3.01. The molecule has 2 heterocycles. The Hall–Kier alpha value is -1.68. The van der Waals surface area contributed by atoms with Crippen LogP contribution in [0.5, 0.6) is 0 Å². The van der Waals surface area contributed by atoms with Crippen LogP contribution in [0, 0.1) is 0 Å². The summed E-state index contributed by atoms with van der Waals surface area (Å²) < 4.78 is 0. The molecule has 0 radical (unpaired) electrons. The van der Waals surface area contributed by atoms with Gasteiger partial charge in [0.15, 0.2) is 0 Å². The zero-order valence-corrected chi connectivity index (χ0v) is 8.08. The molecule has 0 aliphatic carbocycles. The molecule has 0 saturated heterocycles. The molecule has 3 nitrogen and oxygen atoms in total. The molecule has 0 aliphatic heterocycles. The molecular formula is C10H7N3S. The minimum absolute atomic E-state index is 1.08. The topological polar surface area (TPSA) is 41.6 Å². The van der Waals surface area contributed by atoms with Crippen LogP contribution >= 0.6 is 11.3 Å². The zero-order valence-electron chi connectivity index (χ0n) is 7.27. The van der Waals surface area contributed by atoms with Crippen LogP contribution in [-0.2, 0) is 0 Å². The third-order valence-electron chi connectivity index (χ3n) is 2.17. The van der Waals surface area contributed by atoms with E-state index in [9.17, 15) is 0 Å². The fraction of sp³-hybridized carbons (Fsp3) is 0. The van der Waals surface area contributed by atoms with E-state index in [0.717, 1.165) is 10.9 Å². The molecule has 0 amide bonds. The van der Waals surface area contributed by atoms with Crippen LogP contribution in [-0.4, -0.2) is 15.2 Å². The fourth-order valence-corrected chi connectivity index (χ4v) is 2.18. The Bertz CT molecular complexity index is 554. The number of nitrogens with one attached hydrogen (secondary N) is 1. The lowest BCUT2D eigenvalue weighted by Crippen LogP contribution is -1.76. The Morgan fingerprint density at radius 3 is 3.07 bits per heavy atom. The van der Waals surface area contributed by atoms with Crippen molar-refractivity contribution in [2.45, 2.75) is 0 Å². The second-order valence-corrected chi connectivity index (χ2v) is 3.89. The predicted molar refractivity (Wildman–Crippen MR) is 57.2 cm³/mol. The number of nitrogens with zero attached hydrogens (tertiary/aromatic N) is 2. The SMILES string of the molecule is c1cc(-c2cncs2)c2[nH]ncc2c1. The molecule has 2 aromatic heterocycles. The Morgan fingerprint density at radius 2 is 2.21 bits per heavy atom. The predicted octanol–water partition coefficient (Wildman–Crippen LogP) is 2.69. The Kier molecular flexibility index (Phi) is 1.61. The molecule has 0 saturated carbocycles. The highest BCUT2D eigenvalue weighted by Crippen LogP contribution is 2.28. The number of aromatic nitrogens is 3. The monoisotopic (exact) mass is 201 g/mol. The molecule has 0 bridgehead atoms. The van der Waals surface area contributed by atoms with Gasteiger partial charge in [0.1, 0.15) is 0 Å². The van der Waals surface area contributed by atoms with Gasteiger partial charge in [-0.05, 0) is 0 Å². The summed E-state index contributed by atoms with van der Waals surface area (Å²) in [6.07, 6.45) is 3.71. The summed E-state index contributed by atoms with van der Waals surface area (Å²) >= 11 is 1.64. The molecule has 1 N–H and O–H groups in total. The number of H-pyrrole nitrogens is 1. The van der Waals surface area contributed by atoms with Crippen LogP contribution in [0.1, 0.15) is 0 Å². The van der Waals surface area contributed by atoms with Crippen LogP contribution in [0.4, 0.5) is 0 Å². The summed E-state index contributed by atoms with van der Waals surface area (Å²) in [7, 11) is 0. The van der Waals surface area contributed by atoms with Crippen molar-refractivity contribution in [3.63, 3.8) is 0 Å². The number of para-hydroxylation sites is 1. The normalized spacial score (nSPS) is 10.9. The van der Waals surface area contributed by atoms with E-state index < -0.39 is 0 Å². The summed E-state index contributed by atoms with van der Waals surface area (Å²) in [6, 6.07) is 6.16. The first-order chi connectivity index (χ1) is 6.95. The number of rotatable bonds is 1. The van der Waals surface area contributed by atoms with Crippen molar-refractivity contribution in [1.82, 2.24) is 15.2 Å². The summed E-state index contributed by atoms with van der Waals surface area (Å²) in [4.78, 5) is 5.24. The number of benzene rings is 1. The van der Waals surface area contributed by atoms with Gasteiger partial charge in [-0.25, -0.2) is 0 Å². The van der Waals surface area contributed by atoms with Crippen LogP contribution in [0.2, 0.25) is 0 Å². The van der Waals surface area contributed by atoms with Gasteiger partial charge in [0.25, 0.3) is 0 Å². The Labute approximate surface area is 84.4 Å². The minimum atomic E-state index is 1.08. The van der Waals surface area contributed by atoms with Crippen molar-refractivity contribution < 1.29 is 0 Å². The molecule has 0 unspecified atom stereocenters. The van der Waals surface area contributed by atoms with Crippen molar-refractivity contribution in [2.75, 3.05) is 0 Å². The highest BCUT2D eigenvalue weighted by atomic mass is 32.1. The lowest BCUT2D eigenvalue weighted by molar-refractivity contribution is 1.12. The maximum atomic E-state index is 4.07. The smallest absolute Gasteiger partial charge is 0.0797 e. The van der Waals surface area contributed by atoms with Crippen molar-refractivity contribution in [3.05, 3.63) is 36.1 Å². The van der Waals surface area contributed by atoms with Gasteiger partial charge < -0.3 is 0 Å². The molecule has 0 aliphatic rings. The maximum Gasteiger partial charge on any atom is 0.0797 e. The average molecular weight is 201 g/mol. The molecule has 68 valence electrons. The molecule has 1 aromatic carbocycles. The number of thiazole rings is 1. The lowest BCUT2D eigenvalue weighted by atomic mass is 10.1. The molecule has 3 rings (SSSR count). The van der Waals surface area contributed by atoms with Crippen LogP contribution < -0.4 is 0 Å². The average Bonchev–Trinajstić information content (AvgIpc) is 2.88. The standard InChI is InChI=1S/C10H7N3S/c1-2-7-4-12-13-10(7)8(3-1)9-5-11-6-14-9/h1-6H,(H,12,13). The van der Waals surface area contributed by atoms with E-state index in [-0.39, 0.29) is 0 Å². The quantitative estimate of drug-likeness (QED) is 0.657. The van der Waals surface area contributed by atoms with Crippen molar-refractivity contribution in [2.24, 2.45) is 0 Å². The van der Waals surface area contributed by atoms with Crippen molar-refractivity contribution >= 4 is 22.2 Å². The van der Waals surface area contributed by atoms with E-state index in [0.29, 0.717) is 0 Å². The van der Waals surface area contributed by atoms with E-state index in [1.54, 1.807) is 11.3 Å². The van der Waals surface area contributed by atoms with Crippen molar-refractivity contribution in [3.8, 4) is 10.4 Å². The van der Waals surface area contributed by atoms with Gasteiger partial charge in [0, 0.05) is 17.1 Å². The first-order valence-electron chi connectivity index (χ1n) is 4.26. The molecule has 14 heavy (non-hydrogen) atoms. The minimum Gasteiger partial charge on any atom is -0.277 e. The van der Waals surface area contributed by atoms with Gasteiger partial charge in [0.05, 0.1) is 22.1 Å². The number of fused-ring (bicyclic) bond motifs is 1. The fourth-order valence-electron chi connectivity index (χ4n) is 1.52. The molecule has 0 fully saturated rings. The molecule has 0 atom stereocenters. The van der Waals surface area contributed by atoms with Gasteiger partial charge in [-0.15, -0.1) is 11.3 Å². The lowest BCUT2D eigenvalue weighted by Gasteiger charge is -1.97. The van der Waals surface area contributed by atoms with E-state index in [2.05, 4.69) is 21.2 Å². The highest BCUT2D eigenvalue weighted by Gasteiger charge is 2.05. The molecule has 4 heteroatoms. The molecule has 3 aromatic rings. The molecular weight excluding hydrogens is 194 g/mol. The van der Waals surface area contributed by atoms with E-state index in [1.807, 2.05) is 30.0 Å². The van der Waals surface area contributed by atoms with Crippen LogP contribution in [0.15, 0.2) is 36.1 Å². The third kappa shape index (κ3) is 1.04. The first kappa shape index (κ1) is 7.70. The maximum absolute atomic E-state index is 4.07. The number of hydrogen-bond donors (Lipinski definition) is 1. The van der Waals surface area contributed by atoms with Crippen LogP contribution in [0.25, 0.3) is 21.3 Å². The van der Waals surface area contributed by atoms with Crippen LogP contribution in [0.3, 0.4) is 0 Å². The third-order valence-corrected chi connectivity index (χ3v) is 2.98. The second kappa shape index (κ2) is 2.92. The summed E-state index contributed by atoms with van der Waals surface area (Å²) in [6.45, 7) is 0. The van der Waals surface area contributed by atoms with Gasteiger partial charge >= 0.3 is 0 Å². The van der Waals surface area contributed by atoms with Gasteiger partial charge in [-0.3, -0.25) is 10.1 Å². The largest absolute Gasteiger partial charge is 0.277 e. The van der Waals surface area contributed by atoms with Crippen molar-refractivity contribution in [1.29, 1.82) is 0 Å². The van der Waals surface area contributed by atoms with E-state index in [1.165, 1.54) is 10.4 Å². The summed E-state index contributed by atoms with van der Waals surface area (Å²) in [5, 5.41) is 8.17. The van der Waals surface area contributed by atoms with Gasteiger partial charge in [0.2, 0.25) is 0 Å². The molecule has 0 spiro atoms. The number of aromatic amines is 1. The Morgan fingerprint density at radius 1 is 1.21 bits per heavy atom. The van der Waals surface area contributed by atoms with E-state index >= 15 is 0 Å².